The Morgan fingerprint density at radius 1 is 1.21 bits per heavy atom. The monoisotopic (exact) mass is 393 g/mol. The first-order chi connectivity index (χ1) is 13.7. The van der Waals surface area contributed by atoms with Gasteiger partial charge >= 0.3 is 5.97 Å². The van der Waals surface area contributed by atoms with Gasteiger partial charge in [0.05, 0.1) is 24.9 Å². The van der Waals surface area contributed by atoms with E-state index in [0.29, 0.717) is 16.6 Å². The van der Waals surface area contributed by atoms with Gasteiger partial charge in [0.1, 0.15) is 0 Å². The Bertz CT molecular complexity index is 997. The van der Waals surface area contributed by atoms with E-state index in [4.69, 9.17) is 9.47 Å². The van der Waals surface area contributed by atoms with Gasteiger partial charge in [0.25, 0.3) is 0 Å². The smallest absolute Gasteiger partial charge is 0.314 e. The summed E-state index contributed by atoms with van der Waals surface area (Å²) in [5.41, 5.74) is 5.73. The minimum Gasteiger partial charge on any atom is -0.493 e. The predicted molar refractivity (Wildman–Crippen MR) is 110 cm³/mol. The number of benzene rings is 2. The highest BCUT2D eigenvalue weighted by atomic mass is 32.1. The lowest BCUT2D eigenvalue weighted by Crippen LogP contribution is -2.10. The second kappa shape index (κ2) is 8.22. The third-order valence-corrected chi connectivity index (χ3v) is 5.00. The van der Waals surface area contributed by atoms with Gasteiger partial charge in [0.2, 0.25) is 5.13 Å². The first-order valence-corrected chi connectivity index (χ1v) is 9.80. The molecule has 0 saturated heterocycles. The molecule has 0 atom stereocenters. The van der Waals surface area contributed by atoms with Crippen LogP contribution in [0.2, 0.25) is 0 Å². The minimum atomic E-state index is -0.195. The van der Waals surface area contributed by atoms with Crippen LogP contribution in [0.5, 0.6) is 11.5 Å². The summed E-state index contributed by atoms with van der Waals surface area (Å²) in [5.74, 6) is 0.768. The predicted octanol–water partition coefficient (Wildman–Crippen LogP) is 4.58. The van der Waals surface area contributed by atoms with Crippen LogP contribution in [0.4, 0.5) is 5.13 Å². The number of hydrazone groups is 1. The molecule has 1 aliphatic carbocycles. The molecular formula is C21H19N3O3S. The van der Waals surface area contributed by atoms with Crippen LogP contribution in [-0.4, -0.2) is 24.3 Å². The molecule has 1 heterocycles. The molecule has 1 fully saturated rings. The van der Waals surface area contributed by atoms with Crippen molar-refractivity contribution in [1.82, 2.24) is 4.98 Å². The van der Waals surface area contributed by atoms with Gasteiger partial charge in [-0.15, -0.1) is 11.3 Å². The molecule has 0 spiro atoms. The zero-order valence-electron chi connectivity index (χ0n) is 15.3. The van der Waals surface area contributed by atoms with Crippen molar-refractivity contribution in [1.29, 1.82) is 0 Å². The standard InChI is InChI=1S/C21H19N3O3S/c1-26-19-11-14(7-10-18(19)27-20(25)16-8-9-16)12-22-24-21-23-17(13-28-21)15-5-3-2-4-6-15/h2-7,10-13,16H,8-9H2,1H3,(H,23,24)/b22-12-. The third kappa shape index (κ3) is 4.37. The van der Waals surface area contributed by atoms with Gasteiger partial charge in [-0.05, 0) is 36.6 Å². The molecule has 4 rings (SSSR count). The summed E-state index contributed by atoms with van der Waals surface area (Å²) in [6.07, 6.45) is 3.47. The number of rotatable bonds is 7. The number of nitrogens with one attached hydrogen (secondary N) is 1. The van der Waals surface area contributed by atoms with E-state index >= 15 is 0 Å². The fourth-order valence-electron chi connectivity index (χ4n) is 2.59. The molecule has 1 N–H and O–H groups in total. The van der Waals surface area contributed by atoms with Crippen LogP contribution in [0.25, 0.3) is 11.3 Å². The van der Waals surface area contributed by atoms with Gasteiger partial charge < -0.3 is 9.47 Å². The highest BCUT2D eigenvalue weighted by Gasteiger charge is 2.32. The van der Waals surface area contributed by atoms with Crippen LogP contribution in [0.3, 0.4) is 0 Å². The van der Waals surface area contributed by atoms with Crippen LogP contribution in [0, 0.1) is 5.92 Å². The number of esters is 1. The first-order valence-electron chi connectivity index (χ1n) is 8.92. The van der Waals surface area contributed by atoms with E-state index in [0.717, 1.165) is 29.7 Å². The van der Waals surface area contributed by atoms with Crippen LogP contribution >= 0.6 is 11.3 Å². The van der Waals surface area contributed by atoms with Crippen molar-refractivity contribution in [3.05, 3.63) is 59.5 Å². The molecule has 7 heteroatoms. The highest BCUT2D eigenvalue weighted by Crippen LogP contribution is 2.34. The Hall–Kier alpha value is -3.19. The van der Waals surface area contributed by atoms with Gasteiger partial charge in [0, 0.05) is 10.9 Å². The molecule has 0 amide bonds. The van der Waals surface area contributed by atoms with E-state index in [1.54, 1.807) is 25.5 Å². The molecule has 1 saturated carbocycles. The van der Waals surface area contributed by atoms with Crippen molar-refractivity contribution in [2.45, 2.75) is 12.8 Å². The van der Waals surface area contributed by atoms with Gasteiger partial charge in [-0.1, -0.05) is 30.3 Å². The van der Waals surface area contributed by atoms with Gasteiger partial charge in [-0.25, -0.2) is 4.98 Å². The highest BCUT2D eigenvalue weighted by molar-refractivity contribution is 7.14. The average molecular weight is 393 g/mol. The molecular weight excluding hydrogens is 374 g/mol. The number of carbonyl (C=O) groups excluding carboxylic acids is 1. The van der Waals surface area contributed by atoms with E-state index in [-0.39, 0.29) is 11.9 Å². The summed E-state index contributed by atoms with van der Waals surface area (Å²) >= 11 is 1.49. The maximum atomic E-state index is 11.8. The second-order valence-electron chi connectivity index (χ2n) is 6.38. The van der Waals surface area contributed by atoms with Crippen molar-refractivity contribution in [2.24, 2.45) is 11.0 Å². The number of aromatic nitrogens is 1. The van der Waals surface area contributed by atoms with Crippen LogP contribution in [0.15, 0.2) is 59.0 Å². The van der Waals surface area contributed by atoms with Crippen molar-refractivity contribution < 1.29 is 14.3 Å². The van der Waals surface area contributed by atoms with Gasteiger partial charge in [-0.2, -0.15) is 5.10 Å². The molecule has 2 aromatic carbocycles. The first kappa shape index (κ1) is 18.2. The van der Waals surface area contributed by atoms with E-state index < -0.39 is 0 Å². The Balaban J connectivity index is 1.40. The lowest BCUT2D eigenvalue weighted by atomic mass is 10.2. The number of carbonyl (C=O) groups is 1. The number of hydrogen-bond donors (Lipinski definition) is 1. The molecule has 3 aromatic rings. The Morgan fingerprint density at radius 2 is 2.04 bits per heavy atom. The third-order valence-electron chi connectivity index (χ3n) is 4.26. The van der Waals surface area contributed by atoms with Gasteiger partial charge in [-0.3, -0.25) is 10.2 Å². The summed E-state index contributed by atoms with van der Waals surface area (Å²) in [7, 11) is 1.55. The topological polar surface area (TPSA) is 72.8 Å². The minimum absolute atomic E-state index is 0.0363. The lowest BCUT2D eigenvalue weighted by Gasteiger charge is -2.09. The Kier molecular flexibility index (Phi) is 5.34. The molecule has 6 nitrogen and oxygen atoms in total. The molecule has 142 valence electrons. The molecule has 1 aromatic heterocycles. The van der Waals surface area contributed by atoms with Gasteiger partial charge in [0.15, 0.2) is 11.5 Å². The normalized spacial score (nSPS) is 13.5. The maximum absolute atomic E-state index is 11.8. The van der Waals surface area contributed by atoms with E-state index in [1.165, 1.54) is 11.3 Å². The number of thiazole rings is 1. The molecule has 0 radical (unpaired) electrons. The summed E-state index contributed by atoms with van der Waals surface area (Å²) in [5, 5.41) is 6.92. The molecule has 28 heavy (non-hydrogen) atoms. The molecule has 0 bridgehead atoms. The summed E-state index contributed by atoms with van der Waals surface area (Å²) in [4.78, 5) is 16.4. The van der Waals surface area contributed by atoms with Crippen LogP contribution < -0.4 is 14.9 Å². The van der Waals surface area contributed by atoms with Crippen molar-refractivity contribution in [3.63, 3.8) is 0 Å². The number of ether oxygens (including phenoxy) is 2. The molecule has 0 unspecified atom stereocenters. The molecule has 1 aliphatic rings. The summed E-state index contributed by atoms with van der Waals surface area (Å²) < 4.78 is 10.7. The van der Waals surface area contributed by atoms with E-state index in [2.05, 4.69) is 15.5 Å². The zero-order chi connectivity index (χ0) is 19.3. The largest absolute Gasteiger partial charge is 0.493 e. The lowest BCUT2D eigenvalue weighted by molar-refractivity contribution is -0.135. The zero-order valence-corrected chi connectivity index (χ0v) is 16.1. The van der Waals surface area contributed by atoms with Crippen molar-refractivity contribution >= 4 is 28.7 Å². The quantitative estimate of drug-likeness (QED) is 0.275. The number of hydrogen-bond acceptors (Lipinski definition) is 7. The molecule has 0 aliphatic heterocycles. The van der Waals surface area contributed by atoms with E-state index in [1.807, 2.05) is 41.8 Å². The fourth-order valence-corrected chi connectivity index (χ4v) is 3.26. The van der Waals surface area contributed by atoms with Crippen molar-refractivity contribution in [2.75, 3.05) is 12.5 Å². The maximum Gasteiger partial charge on any atom is 0.314 e. The van der Waals surface area contributed by atoms with Crippen LogP contribution in [-0.2, 0) is 4.79 Å². The summed E-state index contributed by atoms with van der Waals surface area (Å²) in [6, 6.07) is 15.3. The number of nitrogens with zero attached hydrogens (tertiary/aromatic N) is 2. The van der Waals surface area contributed by atoms with E-state index in [9.17, 15) is 4.79 Å². The Morgan fingerprint density at radius 3 is 2.79 bits per heavy atom. The van der Waals surface area contributed by atoms with Crippen molar-refractivity contribution in [3.8, 4) is 22.8 Å². The fraction of sp³-hybridized carbons (Fsp3) is 0.190. The average Bonchev–Trinajstić information content (AvgIpc) is 3.48. The summed E-state index contributed by atoms with van der Waals surface area (Å²) in [6.45, 7) is 0. The number of methoxy groups -OCH3 is 1. The Labute approximate surface area is 166 Å². The number of anilines is 1. The van der Waals surface area contributed by atoms with Crippen LogP contribution in [0.1, 0.15) is 18.4 Å². The SMILES string of the molecule is COc1cc(/C=N\Nc2nc(-c3ccccc3)cs2)ccc1OC(=O)C1CC1. The second-order valence-corrected chi connectivity index (χ2v) is 7.24.